The van der Waals surface area contributed by atoms with Crippen LogP contribution in [0.3, 0.4) is 0 Å². The second-order valence-corrected chi connectivity index (χ2v) is 4.11. The van der Waals surface area contributed by atoms with Crippen molar-refractivity contribution in [3.63, 3.8) is 0 Å². The van der Waals surface area contributed by atoms with Crippen molar-refractivity contribution in [2.75, 3.05) is 0 Å². The molecule has 0 aliphatic rings. The topological polar surface area (TPSA) is 43.1 Å². The highest BCUT2D eigenvalue weighted by Gasteiger charge is 2.06. The standard InChI is InChI=1S/C11H7BrN4/c12-10-3-1-2-8(15-10)9-6-14-11-7-13-4-5-16(9)11/h1-7H. The largest absolute Gasteiger partial charge is 0.295 e. The number of nitrogens with zero attached hydrogens (tertiary/aromatic N) is 4. The van der Waals surface area contributed by atoms with E-state index in [0.29, 0.717) is 0 Å². The molecule has 3 heterocycles. The zero-order chi connectivity index (χ0) is 11.0. The van der Waals surface area contributed by atoms with Crippen molar-refractivity contribution >= 4 is 21.6 Å². The maximum atomic E-state index is 4.40. The van der Waals surface area contributed by atoms with Gasteiger partial charge in [0.05, 0.1) is 23.8 Å². The van der Waals surface area contributed by atoms with E-state index in [9.17, 15) is 0 Å². The number of hydrogen-bond donors (Lipinski definition) is 0. The van der Waals surface area contributed by atoms with Crippen molar-refractivity contribution in [2.45, 2.75) is 0 Å². The molecule has 0 fully saturated rings. The van der Waals surface area contributed by atoms with Gasteiger partial charge in [-0.05, 0) is 28.1 Å². The van der Waals surface area contributed by atoms with Gasteiger partial charge in [0.1, 0.15) is 4.60 Å². The summed E-state index contributed by atoms with van der Waals surface area (Å²) in [6.45, 7) is 0. The van der Waals surface area contributed by atoms with E-state index in [1.165, 1.54) is 0 Å². The number of rotatable bonds is 1. The highest BCUT2D eigenvalue weighted by atomic mass is 79.9. The van der Waals surface area contributed by atoms with Crippen LogP contribution in [0.4, 0.5) is 0 Å². The highest BCUT2D eigenvalue weighted by Crippen LogP contribution is 2.19. The SMILES string of the molecule is Brc1cccc(-c2cnc3cnccn23)n1. The Labute approximate surface area is 100 Å². The van der Waals surface area contributed by atoms with Crippen molar-refractivity contribution in [2.24, 2.45) is 0 Å². The zero-order valence-electron chi connectivity index (χ0n) is 8.21. The van der Waals surface area contributed by atoms with E-state index in [2.05, 4.69) is 30.9 Å². The minimum atomic E-state index is 0.814. The van der Waals surface area contributed by atoms with Crippen LogP contribution < -0.4 is 0 Å². The molecule has 0 spiro atoms. The maximum absolute atomic E-state index is 4.40. The highest BCUT2D eigenvalue weighted by molar-refractivity contribution is 9.10. The van der Waals surface area contributed by atoms with Crippen LogP contribution >= 0.6 is 15.9 Å². The Bertz CT molecular complexity index is 647. The molecule has 16 heavy (non-hydrogen) atoms. The Balaban J connectivity index is 2.26. The predicted octanol–water partition coefficient (Wildman–Crippen LogP) is 2.55. The van der Waals surface area contributed by atoms with Gasteiger partial charge in [0, 0.05) is 12.4 Å². The van der Waals surface area contributed by atoms with Gasteiger partial charge in [-0.2, -0.15) is 0 Å². The molecule has 4 nitrogen and oxygen atoms in total. The van der Waals surface area contributed by atoms with Crippen LogP contribution in [0.2, 0.25) is 0 Å². The van der Waals surface area contributed by atoms with Gasteiger partial charge in [0.2, 0.25) is 0 Å². The summed E-state index contributed by atoms with van der Waals surface area (Å²) in [5.74, 6) is 0. The van der Waals surface area contributed by atoms with Crippen LogP contribution in [-0.4, -0.2) is 19.4 Å². The van der Waals surface area contributed by atoms with Gasteiger partial charge in [-0.25, -0.2) is 9.97 Å². The minimum Gasteiger partial charge on any atom is -0.295 e. The van der Waals surface area contributed by atoms with E-state index in [1.807, 2.05) is 28.8 Å². The molecule has 5 heteroatoms. The van der Waals surface area contributed by atoms with Crippen molar-refractivity contribution in [1.82, 2.24) is 19.4 Å². The Morgan fingerprint density at radius 1 is 1.19 bits per heavy atom. The molecule has 0 aromatic carbocycles. The first-order chi connectivity index (χ1) is 7.84. The molecular weight excluding hydrogens is 268 g/mol. The third-order valence-corrected chi connectivity index (χ3v) is 2.74. The Kier molecular flexibility index (Phi) is 2.18. The van der Waals surface area contributed by atoms with Crippen LogP contribution in [0.1, 0.15) is 0 Å². The van der Waals surface area contributed by atoms with Crippen molar-refractivity contribution in [3.05, 3.63) is 47.6 Å². The van der Waals surface area contributed by atoms with Crippen LogP contribution in [-0.2, 0) is 0 Å². The lowest BCUT2D eigenvalue weighted by Crippen LogP contribution is -1.90. The third kappa shape index (κ3) is 1.49. The van der Waals surface area contributed by atoms with Gasteiger partial charge in [0.15, 0.2) is 5.65 Å². The molecular formula is C11H7BrN4. The number of aromatic nitrogens is 4. The van der Waals surface area contributed by atoms with Gasteiger partial charge in [0.25, 0.3) is 0 Å². The first-order valence-electron chi connectivity index (χ1n) is 4.74. The lowest BCUT2D eigenvalue weighted by molar-refractivity contribution is 1.11. The average Bonchev–Trinajstić information content (AvgIpc) is 2.72. The predicted molar refractivity (Wildman–Crippen MR) is 63.9 cm³/mol. The molecule has 0 unspecified atom stereocenters. The summed E-state index contributed by atoms with van der Waals surface area (Å²) in [5.41, 5.74) is 2.66. The minimum absolute atomic E-state index is 0.814. The van der Waals surface area contributed by atoms with E-state index < -0.39 is 0 Å². The number of fused-ring (bicyclic) bond motifs is 1. The van der Waals surface area contributed by atoms with E-state index in [1.54, 1.807) is 18.6 Å². The fraction of sp³-hybridized carbons (Fsp3) is 0. The molecule has 0 saturated heterocycles. The fourth-order valence-electron chi connectivity index (χ4n) is 1.58. The van der Waals surface area contributed by atoms with Crippen molar-refractivity contribution < 1.29 is 0 Å². The number of imidazole rings is 1. The second-order valence-electron chi connectivity index (χ2n) is 3.29. The Morgan fingerprint density at radius 3 is 3.00 bits per heavy atom. The first-order valence-corrected chi connectivity index (χ1v) is 5.54. The third-order valence-electron chi connectivity index (χ3n) is 2.29. The average molecular weight is 275 g/mol. The van der Waals surface area contributed by atoms with Gasteiger partial charge >= 0.3 is 0 Å². The van der Waals surface area contributed by atoms with Gasteiger partial charge in [-0.1, -0.05) is 6.07 Å². The summed E-state index contributed by atoms with van der Waals surface area (Å²) in [6, 6.07) is 5.80. The lowest BCUT2D eigenvalue weighted by Gasteiger charge is -2.00. The van der Waals surface area contributed by atoms with E-state index >= 15 is 0 Å². The molecule has 0 aliphatic carbocycles. The van der Waals surface area contributed by atoms with Gasteiger partial charge < -0.3 is 0 Å². The zero-order valence-corrected chi connectivity index (χ0v) is 9.79. The van der Waals surface area contributed by atoms with Crippen LogP contribution in [0.15, 0.2) is 47.6 Å². The number of halogens is 1. The summed E-state index contributed by atoms with van der Waals surface area (Å²) >= 11 is 3.36. The van der Waals surface area contributed by atoms with Crippen molar-refractivity contribution in [3.8, 4) is 11.4 Å². The monoisotopic (exact) mass is 274 g/mol. The molecule has 0 atom stereocenters. The molecule has 0 aliphatic heterocycles. The lowest BCUT2D eigenvalue weighted by atomic mass is 10.3. The molecule has 3 aromatic heterocycles. The Morgan fingerprint density at radius 2 is 2.12 bits per heavy atom. The molecule has 0 bridgehead atoms. The normalized spacial score (nSPS) is 10.8. The summed E-state index contributed by atoms with van der Waals surface area (Å²) < 4.78 is 2.77. The molecule has 3 aromatic rings. The van der Waals surface area contributed by atoms with E-state index in [-0.39, 0.29) is 0 Å². The maximum Gasteiger partial charge on any atom is 0.155 e. The van der Waals surface area contributed by atoms with Crippen molar-refractivity contribution in [1.29, 1.82) is 0 Å². The number of pyridine rings is 1. The summed E-state index contributed by atoms with van der Waals surface area (Å²) in [4.78, 5) is 12.7. The van der Waals surface area contributed by atoms with E-state index in [0.717, 1.165) is 21.6 Å². The fourth-order valence-corrected chi connectivity index (χ4v) is 1.93. The summed E-state index contributed by atoms with van der Waals surface area (Å²) in [5, 5.41) is 0. The van der Waals surface area contributed by atoms with Gasteiger partial charge in [-0.3, -0.25) is 9.38 Å². The summed E-state index contributed by atoms with van der Waals surface area (Å²) in [6.07, 6.45) is 7.13. The van der Waals surface area contributed by atoms with Crippen LogP contribution in [0, 0.1) is 0 Å². The van der Waals surface area contributed by atoms with Crippen LogP contribution in [0.5, 0.6) is 0 Å². The number of hydrogen-bond acceptors (Lipinski definition) is 3. The molecule has 0 N–H and O–H groups in total. The first kappa shape index (κ1) is 9.47. The smallest absolute Gasteiger partial charge is 0.155 e. The second kappa shape index (κ2) is 3.68. The molecule has 0 saturated carbocycles. The molecule has 78 valence electrons. The molecule has 0 radical (unpaired) electrons. The molecule has 3 rings (SSSR count). The van der Waals surface area contributed by atoms with Crippen LogP contribution in [0.25, 0.3) is 17.0 Å². The summed E-state index contributed by atoms with van der Waals surface area (Å²) in [7, 11) is 0. The Hall–Kier alpha value is -1.75. The van der Waals surface area contributed by atoms with E-state index in [4.69, 9.17) is 0 Å². The van der Waals surface area contributed by atoms with Gasteiger partial charge in [-0.15, -0.1) is 0 Å². The molecule has 0 amide bonds. The quantitative estimate of drug-likeness (QED) is 0.641.